The molecule has 24 heavy (non-hydrogen) atoms. The van der Waals surface area contributed by atoms with Crippen molar-refractivity contribution in [2.75, 3.05) is 11.9 Å². The van der Waals surface area contributed by atoms with E-state index in [9.17, 15) is 9.59 Å². The average Bonchev–Trinajstić information content (AvgIpc) is 2.58. The molecule has 0 saturated heterocycles. The van der Waals surface area contributed by atoms with Gasteiger partial charge in [0.25, 0.3) is 0 Å². The van der Waals surface area contributed by atoms with Crippen molar-refractivity contribution in [2.45, 2.75) is 58.8 Å². The van der Waals surface area contributed by atoms with Crippen LogP contribution in [0.3, 0.4) is 0 Å². The molecule has 4 nitrogen and oxygen atoms in total. The Labute approximate surface area is 145 Å². The molecule has 0 heterocycles. The van der Waals surface area contributed by atoms with Crippen LogP contribution in [0.5, 0.6) is 0 Å². The van der Waals surface area contributed by atoms with E-state index in [0.717, 1.165) is 62.7 Å². The van der Waals surface area contributed by atoms with Gasteiger partial charge in [-0.25, -0.2) is 0 Å². The van der Waals surface area contributed by atoms with E-state index in [4.69, 9.17) is 0 Å². The fourth-order valence-corrected chi connectivity index (χ4v) is 3.32. The predicted octanol–water partition coefficient (Wildman–Crippen LogP) is 4.05. The molecule has 0 unspecified atom stereocenters. The van der Waals surface area contributed by atoms with Crippen molar-refractivity contribution >= 4 is 17.5 Å². The Morgan fingerprint density at radius 3 is 2.33 bits per heavy atom. The third-order valence-corrected chi connectivity index (χ3v) is 4.83. The van der Waals surface area contributed by atoms with Gasteiger partial charge in [0.1, 0.15) is 0 Å². The number of carbonyl (C=O) groups excluding carboxylic acids is 2. The summed E-state index contributed by atoms with van der Waals surface area (Å²) >= 11 is 0. The van der Waals surface area contributed by atoms with E-state index < -0.39 is 0 Å². The summed E-state index contributed by atoms with van der Waals surface area (Å²) in [6.07, 6.45) is 6.59. The molecule has 0 spiro atoms. The summed E-state index contributed by atoms with van der Waals surface area (Å²) in [5.41, 5.74) is 1.99. The van der Waals surface area contributed by atoms with Gasteiger partial charge in [-0.2, -0.15) is 0 Å². The zero-order valence-corrected chi connectivity index (χ0v) is 14.9. The van der Waals surface area contributed by atoms with Crippen LogP contribution in [-0.4, -0.2) is 18.4 Å². The largest absolute Gasteiger partial charge is 0.356 e. The van der Waals surface area contributed by atoms with Gasteiger partial charge in [0.05, 0.1) is 0 Å². The molecule has 1 aliphatic rings. The maximum atomic E-state index is 12.4. The summed E-state index contributed by atoms with van der Waals surface area (Å²) in [6.45, 7) is 4.95. The Morgan fingerprint density at radius 1 is 1.04 bits per heavy atom. The van der Waals surface area contributed by atoms with Crippen LogP contribution in [-0.2, 0) is 9.59 Å². The number of anilines is 1. The van der Waals surface area contributed by atoms with Crippen molar-refractivity contribution in [3.63, 3.8) is 0 Å². The zero-order chi connectivity index (χ0) is 17.4. The van der Waals surface area contributed by atoms with Crippen molar-refractivity contribution in [1.82, 2.24) is 5.32 Å². The molecule has 132 valence electrons. The lowest BCUT2D eigenvalue weighted by molar-refractivity contribution is -0.128. The first-order valence-electron chi connectivity index (χ1n) is 9.25. The van der Waals surface area contributed by atoms with Gasteiger partial charge in [-0.05, 0) is 56.7 Å². The zero-order valence-electron chi connectivity index (χ0n) is 14.9. The monoisotopic (exact) mass is 330 g/mol. The smallest absolute Gasteiger partial charge is 0.227 e. The van der Waals surface area contributed by atoms with E-state index in [1.54, 1.807) is 0 Å². The maximum absolute atomic E-state index is 12.4. The van der Waals surface area contributed by atoms with Crippen LogP contribution < -0.4 is 10.6 Å². The molecule has 1 aromatic carbocycles. The van der Waals surface area contributed by atoms with Gasteiger partial charge in [-0.1, -0.05) is 31.9 Å². The van der Waals surface area contributed by atoms with Gasteiger partial charge >= 0.3 is 0 Å². The first-order chi connectivity index (χ1) is 11.6. The third kappa shape index (κ3) is 5.66. The van der Waals surface area contributed by atoms with Gasteiger partial charge in [-0.15, -0.1) is 0 Å². The first kappa shape index (κ1) is 18.5. The second-order valence-electron chi connectivity index (χ2n) is 6.91. The fraction of sp³-hybridized carbons (Fsp3) is 0.600. The van der Waals surface area contributed by atoms with Crippen molar-refractivity contribution < 1.29 is 9.59 Å². The molecule has 0 radical (unpaired) electrons. The Kier molecular flexibility index (Phi) is 7.29. The molecule has 0 bridgehead atoms. The van der Waals surface area contributed by atoms with E-state index in [-0.39, 0.29) is 23.7 Å². The minimum Gasteiger partial charge on any atom is -0.356 e. The number of nitrogens with one attached hydrogen (secondary N) is 2. The first-order valence-corrected chi connectivity index (χ1v) is 9.25. The Hall–Kier alpha value is -1.84. The lowest BCUT2D eigenvalue weighted by Gasteiger charge is -2.27. The lowest BCUT2D eigenvalue weighted by Crippen LogP contribution is -2.35. The van der Waals surface area contributed by atoms with Crippen molar-refractivity contribution in [2.24, 2.45) is 11.8 Å². The molecular formula is C20H30N2O2. The van der Waals surface area contributed by atoms with Crippen LogP contribution in [0, 0.1) is 18.8 Å². The maximum Gasteiger partial charge on any atom is 0.227 e. The van der Waals surface area contributed by atoms with E-state index in [1.165, 1.54) is 0 Å². The van der Waals surface area contributed by atoms with Crippen LogP contribution in [0.1, 0.15) is 57.4 Å². The highest BCUT2D eigenvalue weighted by Gasteiger charge is 2.29. The minimum atomic E-state index is 0.0228. The Morgan fingerprint density at radius 2 is 1.71 bits per heavy atom. The number of rotatable bonds is 7. The number of hydrogen-bond donors (Lipinski definition) is 2. The highest BCUT2D eigenvalue weighted by molar-refractivity contribution is 5.92. The summed E-state index contributed by atoms with van der Waals surface area (Å²) in [7, 11) is 0. The Bertz CT molecular complexity index is 548. The Balaban J connectivity index is 1.73. The van der Waals surface area contributed by atoms with Crippen LogP contribution >= 0.6 is 0 Å². The molecule has 0 atom stereocenters. The van der Waals surface area contributed by atoms with E-state index in [1.807, 2.05) is 31.2 Å². The molecule has 1 saturated carbocycles. The molecule has 4 heteroatoms. The van der Waals surface area contributed by atoms with Crippen molar-refractivity contribution in [3.8, 4) is 0 Å². The second-order valence-corrected chi connectivity index (χ2v) is 6.91. The number of hydrogen-bond acceptors (Lipinski definition) is 2. The molecule has 2 rings (SSSR count). The second kappa shape index (κ2) is 9.45. The number of benzene rings is 1. The van der Waals surface area contributed by atoms with E-state index in [0.29, 0.717) is 0 Å². The summed E-state index contributed by atoms with van der Waals surface area (Å²) in [5, 5.41) is 6.04. The number of carbonyl (C=O) groups is 2. The van der Waals surface area contributed by atoms with E-state index >= 15 is 0 Å². The lowest BCUT2D eigenvalue weighted by atomic mass is 9.81. The fourth-order valence-electron chi connectivity index (χ4n) is 3.32. The molecule has 0 aliphatic heterocycles. The van der Waals surface area contributed by atoms with Crippen LogP contribution in [0.2, 0.25) is 0 Å². The molecule has 1 aromatic rings. The van der Waals surface area contributed by atoms with Crippen LogP contribution in [0.25, 0.3) is 0 Å². The summed E-state index contributed by atoms with van der Waals surface area (Å²) < 4.78 is 0. The SMILES string of the molecule is CCCCCNC(=O)C1CCC(C(=O)Nc2cccc(C)c2)CC1. The molecule has 0 aromatic heterocycles. The van der Waals surface area contributed by atoms with E-state index in [2.05, 4.69) is 17.6 Å². The topological polar surface area (TPSA) is 58.2 Å². The highest BCUT2D eigenvalue weighted by Crippen LogP contribution is 2.30. The molecule has 1 fully saturated rings. The highest BCUT2D eigenvalue weighted by atomic mass is 16.2. The molecule has 2 amide bonds. The standard InChI is InChI=1S/C20H30N2O2/c1-3-4-5-13-21-19(23)16-9-11-17(12-10-16)20(24)22-18-8-6-7-15(2)14-18/h6-8,14,16-17H,3-5,9-13H2,1-2H3,(H,21,23)(H,22,24). The quantitative estimate of drug-likeness (QED) is 0.741. The third-order valence-electron chi connectivity index (χ3n) is 4.83. The molecule has 1 aliphatic carbocycles. The number of unbranched alkanes of at least 4 members (excludes halogenated alkanes) is 2. The summed E-state index contributed by atoms with van der Waals surface area (Å²) in [4.78, 5) is 24.5. The van der Waals surface area contributed by atoms with Gasteiger partial charge < -0.3 is 10.6 Å². The average molecular weight is 330 g/mol. The normalized spacial score (nSPS) is 20.4. The van der Waals surface area contributed by atoms with Crippen LogP contribution in [0.4, 0.5) is 5.69 Å². The predicted molar refractivity (Wildman–Crippen MR) is 97.8 cm³/mol. The van der Waals surface area contributed by atoms with Crippen molar-refractivity contribution in [3.05, 3.63) is 29.8 Å². The van der Waals surface area contributed by atoms with Crippen LogP contribution in [0.15, 0.2) is 24.3 Å². The van der Waals surface area contributed by atoms with Gasteiger partial charge in [0.2, 0.25) is 11.8 Å². The number of amides is 2. The summed E-state index contributed by atoms with van der Waals surface area (Å²) in [5.74, 6) is 0.357. The summed E-state index contributed by atoms with van der Waals surface area (Å²) in [6, 6.07) is 7.86. The molecular weight excluding hydrogens is 300 g/mol. The minimum absolute atomic E-state index is 0.0228. The van der Waals surface area contributed by atoms with Gasteiger partial charge in [0.15, 0.2) is 0 Å². The number of aryl methyl sites for hydroxylation is 1. The van der Waals surface area contributed by atoms with Gasteiger partial charge in [-0.3, -0.25) is 9.59 Å². The van der Waals surface area contributed by atoms with Crippen molar-refractivity contribution in [1.29, 1.82) is 0 Å². The molecule has 2 N–H and O–H groups in total. The van der Waals surface area contributed by atoms with Gasteiger partial charge in [0, 0.05) is 24.1 Å².